The molecule has 2 aromatic rings. The van der Waals surface area contributed by atoms with Crippen molar-refractivity contribution >= 4 is 19.7 Å². The van der Waals surface area contributed by atoms with Crippen LogP contribution in [0.4, 0.5) is 0 Å². The summed E-state index contributed by atoms with van der Waals surface area (Å²) >= 11 is 0. The first-order valence-electron chi connectivity index (χ1n) is 5.45. The first kappa shape index (κ1) is 12.0. The summed E-state index contributed by atoms with van der Waals surface area (Å²) in [6.07, 6.45) is 0. The van der Waals surface area contributed by atoms with E-state index >= 15 is 0 Å². The van der Waals surface area contributed by atoms with Crippen LogP contribution in [0.25, 0.3) is 5.57 Å². The first-order chi connectivity index (χ1) is 8.31. The van der Waals surface area contributed by atoms with Crippen LogP contribution in [0, 0.1) is 0 Å². The third-order valence-corrected chi connectivity index (χ3v) is 3.35. The fourth-order valence-electron chi connectivity index (χ4n) is 1.66. The van der Waals surface area contributed by atoms with E-state index in [2.05, 4.69) is 43.0 Å². The van der Waals surface area contributed by atoms with Crippen LogP contribution in [0.1, 0.15) is 11.1 Å². The molecule has 0 N–H and O–H groups in total. The minimum Gasteiger partial charge on any atom is -0.361 e. The molecule has 1 unspecified atom stereocenters. The van der Waals surface area contributed by atoms with Crippen LogP contribution in [0.5, 0.6) is 0 Å². The molecule has 0 aliphatic heterocycles. The topological polar surface area (TPSA) is 9.23 Å². The van der Waals surface area contributed by atoms with Crippen molar-refractivity contribution in [3.63, 3.8) is 0 Å². The Balaban J connectivity index is 2.20. The molecule has 0 bridgehead atoms. The van der Waals surface area contributed by atoms with Gasteiger partial charge in [0.05, 0.1) is 0 Å². The van der Waals surface area contributed by atoms with Crippen LogP contribution in [0.3, 0.4) is 0 Å². The van der Waals surface area contributed by atoms with Gasteiger partial charge in [-0.2, -0.15) is 0 Å². The van der Waals surface area contributed by atoms with Crippen molar-refractivity contribution in [3.05, 3.63) is 72.3 Å². The Morgan fingerprint density at radius 3 is 2.12 bits per heavy atom. The van der Waals surface area contributed by atoms with Crippen LogP contribution in [0.15, 0.2) is 61.2 Å². The second-order valence-corrected chi connectivity index (χ2v) is 4.92. The molecule has 0 amide bonds. The molecular formula is C15H15OP. The zero-order chi connectivity index (χ0) is 12.1. The lowest BCUT2D eigenvalue weighted by atomic mass is 10.00. The van der Waals surface area contributed by atoms with Crippen molar-refractivity contribution in [3.8, 4) is 0 Å². The highest BCUT2D eigenvalue weighted by Gasteiger charge is 2.01. The van der Waals surface area contributed by atoms with Crippen LogP contribution in [-0.4, -0.2) is 7.11 Å². The van der Waals surface area contributed by atoms with Gasteiger partial charge in [-0.05, 0) is 22.0 Å². The van der Waals surface area contributed by atoms with Gasteiger partial charge in [-0.25, -0.2) is 0 Å². The van der Waals surface area contributed by atoms with Crippen LogP contribution in [-0.2, 0) is 4.52 Å². The smallest absolute Gasteiger partial charge is 0.0456 e. The number of hydrogen-bond donors (Lipinski definition) is 0. The summed E-state index contributed by atoms with van der Waals surface area (Å²) in [6.45, 7) is 4.14. The molecule has 2 rings (SSSR count). The fourth-order valence-corrected chi connectivity index (χ4v) is 2.20. The van der Waals surface area contributed by atoms with E-state index in [0.29, 0.717) is 8.81 Å². The maximum absolute atomic E-state index is 5.12. The quantitative estimate of drug-likeness (QED) is 0.744. The minimum atomic E-state index is 0.414. The Bertz CT molecular complexity index is 488. The van der Waals surface area contributed by atoms with Crippen LogP contribution in [0.2, 0.25) is 0 Å². The van der Waals surface area contributed by atoms with E-state index in [-0.39, 0.29) is 0 Å². The summed E-state index contributed by atoms with van der Waals surface area (Å²) in [5.41, 5.74) is 3.37. The van der Waals surface area contributed by atoms with Gasteiger partial charge < -0.3 is 4.52 Å². The molecule has 0 aliphatic carbocycles. The largest absolute Gasteiger partial charge is 0.361 e. The Morgan fingerprint density at radius 1 is 0.941 bits per heavy atom. The van der Waals surface area contributed by atoms with E-state index in [1.807, 2.05) is 18.2 Å². The third-order valence-electron chi connectivity index (χ3n) is 2.58. The average Bonchev–Trinajstić information content (AvgIpc) is 2.40. The van der Waals surface area contributed by atoms with Crippen molar-refractivity contribution in [1.29, 1.82) is 0 Å². The van der Waals surface area contributed by atoms with Gasteiger partial charge in [-0.3, -0.25) is 0 Å². The predicted octanol–water partition coefficient (Wildman–Crippen LogP) is 3.61. The first-order valence-corrected chi connectivity index (χ1v) is 6.36. The van der Waals surface area contributed by atoms with Gasteiger partial charge in [0.25, 0.3) is 0 Å². The van der Waals surface area contributed by atoms with Gasteiger partial charge in [0.2, 0.25) is 0 Å². The van der Waals surface area contributed by atoms with E-state index in [4.69, 9.17) is 4.52 Å². The number of rotatable bonds is 4. The number of benzene rings is 2. The fraction of sp³-hybridized carbons (Fsp3) is 0.0667. The molecular weight excluding hydrogens is 227 g/mol. The molecule has 1 nitrogen and oxygen atoms in total. The molecule has 0 saturated carbocycles. The zero-order valence-corrected chi connectivity index (χ0v) is 10.8. The highest BCUT2D eigenvalue weighted by Crippen LogP contribution is 2.21. The van der Waals surface area contributed by atoms with Crippen molar-refractivity contribution in [2.45, 2.75) is 0 Å². The van der Waals surface area contributed by atoms with E-state index in [9.17, 15) is 0 Å². The molecule has 0 radical (unpaired) electrons. The van der Waals surface area contributed by atoms with E-state index in [1.165, 1.54) is 5.30 Å². The van der Waals surface area contributed by atoms with Crippen LogP contribution < -0.4 is 5.30 Å². The Kier molecular flexibility index (Phi) is 4.08. The lowest BCUT2D eigenvalue weighted by Crippen LogP contribution is -1.95. The molecule has 0 aromatic heterocycles. The molecule has 0 fully saturated rings. The van der Waals surface area contributed by atoms with Gasteiger partial charge in [0, 0.05) is 15.9 Å². The molecule has 0 spiro atoms. The second-order valence-electron chi connectivity index (χ2n) is 3.73. The van der Waals surface area contributed by atoms with Crippen LogP contribution >= 0.6 is 8.81 Å². The Morgan fingerprint density at radius 2 is 1.53 bits per heavy atom. The molecule has 1 atom stereocenters. The average molecular weight is 242 g/mol. The standard InChI is InChI=1S/C15H15OP/c1-12(13-6-4-3-5-7-13)14-8-10-15(11-9-14)17-16-2/h3-11,17H,1H2,2H3. The second kappa shape index (κ2) is 5.77. The summed E-state index contributed by atoms with van der Waals surface area (Å²) in [5, 5.41) is 1.21. The highest BCUT2D eigenvalue weighted by atomic mass is 31.1. The van der Waals surface area contributed by atoms with Crippen molar-refractivity contribution in [2.24, 2.45) is 0 Å². The van der Waals surface area contributed by atoms with Gasteiger partial charge in [-0.15, -0.1) is 0 Å². The molecule has 2 aromatic carbocycles. The molecule has 0 saturated heterocycles. The summed E-state index contributed by atoms with van der Waals surface area (Å²) in [7, 11) is 2.13. The summed E-state index contributed by atoms with van der Waals surface area (Å²) in [4.78, 5) is 0. The third kappa shape index (κ3) is 3.03. The van der Waals surface area contributed by atoms with Gasteiger partial charge in [0.15, 0.2) is 0 Å². The highest BCUT2D eigenvalue weighted by molar-refractivity contribution is 7.41. The molecule has 17 heavy (non-hydrogen) atoms. The van der Waals surface area contributed by atoms with Gasteiger partial charge in [0.1, 0.15) is 0 Å². The van der Waals surface area contributed by atoms with Crippen molar-refractivity contribution in [1.82, 2.24) is 0 Å². The van der Waals surface area contributed by atoms with Gasteiger partial charge >= 0.3 is 0 Å². The molecule has 86 valence electrons. The monoisotopic (exact) mass is 242 g/mol. The van der Waals surface area contributed by atoms with Crippen molar-refractivity contribution in [2.75, 3.05) is 7.11 Å². The van der Waals surface area contributed by atoms with Crippen molar-refractivity contribution < 1.29 is 4.52 Å². The SMILES string of the molecule is C=C(c1ccccc1)c1ccc(POC)cc1. The lowest BCUT2D eigenvalue weighted by molar-refractivity contribution is 0.481. The molecule has 2 heteroatoms. The summed E-state index contributed by atoms with van der Waals surface area (Å²) in [6, 6.07) is 18.6. The predicted molar refractivity (Wildman–Crippen MR) is 76.0 cm³/mol. The molecule has 0 aliphatic rings. The van der Waals surface area contributed by atoms with E-state index in [0.717, 1.165) is 16.7 Å². The zero-order valence-electron chi connectivity index (χ0n) is 9.81. The molecule has 0 heterocycles. The van der Waals surface area contributed by atoms with E-state index < -0.39 is 0 Å². The minimum absolute atomic E-state index is 0.414. The maximum Gasteiger partial charge on any atom is 0.0456 e. The van der Waals surface area contributed by atoms with Gasteiger partial charge in [-0.1, -0.05) is 61.2 Å². The van der Waals surface area contributed by atoms with E-state index in [1.54, 1.807) is 7.11 Å². The summed E-state index contributed by atoms with van der Waals surface area (Å²) in [5.74, 6) is 0. The Hall–Kier alpha value is -1.43. The Labute approximate surface area is 104 Å². The number of hydrogen-bond acceptors (Lipinski definition) is 1. The summed E-state index contributed by atoms with van der Waals surface area (Å²) < 4.78 is 5.12. The lowest BCUT2D eigenvalue weighted by Gasteiger charge is -2.07. The normalized spacial score (nSPS) is 10.9. The maximum atomic E-state index is 5.12.